The minimum Gasteiger partial charge on any atom is -0.311 e. The third-order valence-electron chi connectivity index (χ3n) is 5.58. The fraction of sp³-hybridized carbons (Fsp3) is 0.684. The summed E-state index contributed by atoms with van der Waals surface area (Å²) in [5, 5.41) is 4.01. The van der Waals surface area contributed by atoms with Gasteiger partial charge in [0.05, 0.1) is 0 Å². The largest absolute Gasteiger partial charge is 0.311 e. The first kappa shape index (κ1) is 14.1. The molecule has 1 nitrogen and oxygen atoms in total. The van der Waals surface area contributed by atoms with E-state index in [0.717, 1.165) is 11.8 Å². The molecular weight excluding hydrogens is 242 g/mol. The molecule has 1 aromatic rings. The summed E-state index contributed by atoms with van der Waals surface area (Å²) in [4.78, 5) is 0. The zero-order valence-electron chi connectivity index (χ0n) is 12.9. The molecule has 0 radical (unpaired) electrons. The minimum atomic E-state index is 0.696. The maximum absolute atomic E-state index is 4.01. The van der Waals surface area contributed by atoms with Crippen LogP contribution in [-0.4, -0.2) is 12.1 Å². The van der Waals surface area contributed by atoms with Crippen molar-refractivity contribution in [1.82, 2.24) is 5.32 Å². The monoisotopic (exact) mass is 271 g/mol. The molecule has 3 atom stereocenters. The lowest BCUT2D eigenvalue weighted by Crippen LogP contribution is -2.44. The van der Waals surface area contributed by atoms with Gasteiger partial charge in [0.15, 0.2) is 0 Å². The van der Waals surface area contributed by atoms with Crippen molar-refractivity contribution in [3.63, 3.8) is 0 Å². The molecule has 0 bridgehead atoms. The van der Waals surface area contributed by atoms with Gasteiger partial charge in [-0.3, -0.25) is 0 Å². The molecular formula is C19H29N. The van der Waals surface area contributed by atoms with Crippen molar-refractivity contribution in [2.24, 2.45) is 5.92 Å². The molecule has 110 valence electrons. The Morgan fingerprint density at radius 2 is 1.55 bits per heavy atom. The Hall–Kier alpha value is -0.820. The molecule has 2 saturated carbocycles. The van der Waals surface area contributed by atoms with Gasteiger partial charge in [-0.2, -0.15) is 0 Å². The Labute approximate surface area is 124 Å². The van der Waals surface area contributed by atoms with Crippen LogP contribution in [0.25, 0.3) is 0 Å². The fourth-order valence-electron chi connectivity index (χ4n) is 4.36. The molecule has 2 aliphatic rings. The maximum atomic E-state index is 4.01. The maximum Gasteiger partial charge on any atom is 0.0138 e. The van der Waals surface area contributed by atoms with Gasteiger partial charge in [-0.15, -0.1) is 0 Å². The second-order valence-corrected chi connectivity index (χ2v) is 6.91. The minimum absolute atomic E-state index is 0.696. The van der Waals surface area contributed by atoms with Crippen molar-refractivity contribution in [1.29, 1.82) is 0 Å². The number of nitrogens with one attached hydrogen (secondary N) is 1. The number of hydrogen-bond donors (Lipinski definition) is 1. The van der Waals surface area contributed by atoms with E-state index in [0.29, 0.717) is 12.1 Å². The van der Waals surface area contributed by atoms with Crippen LogP contribution in [0, 0.1) is 5.92 Å². The highest BCUT2D eigenvalue weighted by atomic mass is 15.0. The van der Waals surface area contributed by atoms with Crippen LogP contribution in [0.1, 0.15) is 69.8 Å². The van der Waals surface area contributed by atoms with Gasteiger partial charge >= 0.3 is 0 Å². The van der Waals surface area contributed by atoms with Crippen molar-refractivity contribution in [3.05, 3.63) is 35.9 Å². The summed E-state index contributed by atoms with van der Waals surface area (Å²) in [6.07, 6.45) is 11.3. The highest BCUT2D eigenvalue weighted by Crippen LogP contribution is 2.35. The van der Waals surface area contributed by atoms with E-state index in [-0.39, 0.29) is 0 Å². The summed E-state index contributed by atoms with van der Waals surface area (Å²) in [6.45, 7) is 2.42. The van der Waals surface area contributed by atoms with E-state index in [9.17, 15) is 0 Å². The average Bonchev–Trinajstić information content (AvgIpc) is 3.03. The third kappa shape index (κ3) is 3.25. The van der Waals surface area contributed by atoms with Crippen LogP contribution in [-0.2, 0) is 0 Å². The van der Waals surface area contributed by atoms with Gasteiger partial charge in [-0.25, -0.2) is 0 Å². The smallest absolute Gasteiger partial charge is 0.0138 e. The molecule has 20 heavy (non-hydrogen) atoms. The molecule has 0 saturated heterocycles. The van der Waals surface area contributed by atoms with Crippen LogP contribution < -0.4 is 5.32 Å². The summed E-state index contributed by atoms with van der Waals surface area (Å²) in [6, 6.07) is 12.6. The Bertz CT molecular complexity index is 393. The zero-order chi connectivity index (χ0) is 13.8. The highest BCUT2D eigenvalue weighted by Gasteiger charge is 2.30. The number of benzene rings is 1. The lowest BCUT2D eigenvalue weighted by atomic mass is 9.79. The Balaban J connectivity index is 1.66. The van der Waals surface area contributed by atoms with Crippen LogP contribution >= 0.6 is 0 Å². The second-order valence-electron chi connectivity index (χ2n) is 6.91. The van der Waals surface area contributed by atoms with Crippen molar-refractivity contribution in [2.75, 3.05) is 0 Å². The molecule has 2 fully saturated rings. The van der Waals surface area contributed by atoms with Crippen molar-refractivity contribution in [2.45, 2.75) is 76.3 Å². The van der Waals surface area contributed by atoms with Gasteiger partial charge in [-0.05, 0) is 50.0 Å². The van der Waals surface area contributed by atoms with Crippen LogP contribution in [0.2, 0.25) is 0 Å². The summed E-state index contributed by atoms with van der Waals surface area (Å²) in [5.41, 5.74) is 1.54. The van der Waals surface area contributed by atoms with E-state index in [4.69, 9.17) is 0 Å². The van der Waals surface area contributed by atoms with E-state index in [2.05, 4.69) is 42.6 Å². The van der Waals surface area contributed by atoms with Crippen LogP contribution in [0.3, 0.4) is 0 Å². The van der Waals surface area contributed by atoms with Crippen LogP contribution in [0.15, 0.2) is 30.3 Å². The molecule has 3 rings (SSSR count). The highest BCUT2D eigenvalue weighted by molar-refractivity contribution is 5.22. The molecule has 0 heterocycles. The molecule has 0 aliphatic heterocycles. The number of rotatable bonds is 4. The number of hydrogen-bond acceptors (Lipinski definition) is 1. The normalized spacial score (nSPS) is 29.4. The van der Waals surface area contributed by atoms with Gasteiger partial charge in [0.25, 0.3) is 0 Å². The van der Waals surface area contributed by atoms with E-state index in [1.165, 1.54) is 51.4 Å². The summed E-state index contributed by atoms with van der Waals surface area (Å²) in [7, 11) is 0. The van der Waals surface area contributed by atoms with Crippen LogP contribution in [0.4, 0.5) is 0 Å². The Kier molecular flexibility index (Phi) is 4.77. The first-order valence-electron chi connectivity index (χ1n) is 8.65. The topological polar surface area (TPSA) is 12.0 Å². The summed E-state index contributed by atoms with van der Waals surface area (Å²) < 4.78 is 0. The van der Waals surface area contributed by atoms with Crippen molar-refractivity contribution < 1.29 is 0 Å². The predicted molar refractivity (Wildman–Crippen MR) is 86.0 cm³/mol. The predicted octanol–water partition coefficient (Wildman–Crippen LogP) is 4.88. The molecule has 1 N–H and O–H groups in total. The van der Waals surface area contributed by atoms with Gasteiger partial charge < -0.3 is 5.32 Å². The van der Waals surface area contributed by atoms with Crippen molar-refractivity contribution >= 4 is 0 Å². The molecule has 0 amide bonds. The second kappa shape index (κ2) is 6.76. The standard InChI is InChI=1S/C19H29N/c1-15(16-9-5-6-10-16)20-19-14-8-7-13-18(19)17-11-3-2-4-12-17/h2-4,11-12,15-16,18-20H,5-10,13-14H2,1H3/t15-,18?,19?/m0/s1. The van der Waals surface area contributed by atoms with Crippen LogP contribution in [0.5, 0.6) is 0 Å². The summed E-state index contributed by atoms with van der Waals surface area (Å²) in [5.74, 6) is 1.65. The van der Waals surface area contributed by atoms with Crippen molar-refractivity contribution in [3.8, 4) is 0 Å². The van der Waals surface area contributed by atoms with Gasteiger partial charge in [0.1, 0.15) is 0 Å². The van der Waals surface area contributed by atoms with E-state index < -0.39 is 0 Å². The molecule has 1 heteroatoms. The van der Waals surface area contributed by atoms with Gasteiger partial charge in [0.2, 0.25) is 0 Å². The van der Waals surface area contributed by atoms with Gasteiger partial charge in [-0.1, -0.05) is 56.0 Å². The van der Waals surface area contributed by atoms with E-state index in [1.807, 2.05) is 0 Å². The fourth-order valence-corrected chi connectivity index (χ4v) is 4.36. The quantitative estimate of drug-likeness (QED) is 0.823. The first-order valence-corrected chi connectivity index (χ1v) is 8.65. The lowest BCUT2D eigenvalue weighted by Gasteiger charge is -2.36. The Morgan fingerprint density at radius 3 is 2.30 bits per heavy atom. The molecule has 2 aliphatic carbocycles. The summed E-state index contributed by atoms with van der Waals surface area (Å²) >= 11 is 0. The molecule has 1 aromatic carbocycles. The zero-order valence-corrected chi connectivity index (χ0v) is 12.9. The molecule has 2 unspecified atom stereocenters. The third-order valence-corrected chi connectivity index (χ3v) is 5.58. The molecule has 0 spiro atoms. The van der Waals surface area contributed by atoms with Gasteiger partial charge in [0, 0.05) is 12.1 Å². The SMILES string of the molecule is C[C@H](NC1CCCCC1c1ccccc1)C1CCCC1. The van der Waals surface area contributed by atoms with E-state index in [1.54, 1.807) is 5.56 Å². The lowest BCUT2D eigenvalue weighted by molar-refractivity contribution is 0.267. The first-order chi connectivity index (χ1) is 9.84. The molecule has 0 aromatic heterocycles. The van der Waals surface area contributed by atoms with E-state index >= 15 is 0 Å². The average molecular weight is 271 g/mol. The Morgan fingerprint density at radius 1 is 0.900 bits per heavy atom.